The molecule has 0 saturated heterocycles. The Balaban J connectivity index is 0.00000320. The molecule has 2 aromatic rings. The van der Waals surface area contributed by atoms with E-state index in [2.05, 4.69) is 20.6 Å². The van der Waals surface area contributed by atoms with E-state index in [0.29, 0.717) is 36.7 Å². The van der Waals surface area contributed by atoms with Gasteiger partial charge in [0.25, 0.3) is 0 Å². The molecule has 0 aliphatic heterocycles. The summed E-state index contributed by atoms with van der Waals surface area (Å²) >= 11 is 0. The van der Waals surface area contributed by atoms with Gasteiger partial charge in [-0.2, -0.15) is 0 Å². The van der Waals surface area contributed by atoms with Crippen molar-refractivity contribution in [3.8, 4) is 11.6 Å². The van der Waals surface area contributed by atoms with Crippen molar-refractivity contribution in [1.29, 1.82) is 0 Å². The molecule has 0 spiro atoms. The second-order valence-electron chi connectivity index (χ2n) is 7.21. The molecule has 6 nitrogen and oxygen atoms in total. The molecule has 2 N–H and O–H groups in total. The van der Waals surface area contributed by atoms with Crippen LogP contribution >= 0.6 is 24.0 Å². The van der Waals surface area contributed by atoms with Gasteiger partial charge in [-0.25, -0.2) is 14.4 Å². The van der Waals surface area contributed by atoms with Crippen LogP contribution in [0, 0.1) is 11.7 Å². The summed E-state index contributed by atoms with van der Waals surface area (Å²) in [4.78, 5) is 8.79. The minimum Gasteiger partial charge on any atom is -0.490 e. The highest BCUT2D eigenvalue weighted by atomic mass is 127. The van der Waals surface area contributed by atoms with Gasteiger partial charge in [-0.05, 0) is 55.9 Å². The summed E-state index contributed by atoms with van der Waals surface area (Å²) < 4.78 is 25.0. The Morgan fingerprint density at radius 1 is 1.30 bits per heavy atom. The maximum Gasteiger partial charge on any atom is 0.212 e. The number of pyridine rings is 1. The van der Waals surface area contributed by atoms with Gasteiger partial charge >= 0.3 is 0 Å². The highest BCUT2D eigenvalue weighted by molar-refractivity contribution is 14.0. The molecule has 1 aliphatic rings. The van der Waals surface area contributed by atoms with E-state index in [1.807, 2.05) is 32.0 Å². The van der Waals surface area contributed by atoms with Crippen molar-refractivity contribution in [2.24, 2.45) is 10.9 Å². The van der Waals surface area contributed by atoms with Crippen molar-refractivity contribution < 1.29 is 13.9 Å². The number of hydrogen-bond donors (Lipinski definition) is 2. The number of aliphatic imine (C=N–C) groups is 1. The molecular formula is C22H30FIN4O2. The number of benzene rings is 1. The van der Waals surface area contributed by atoms with Crippen LogP contribution in [0.3, 0.4) is 0 Å². The number of guanidine groups is 1. The number of rotatable bonds is 9. The lowest BCUT2D eigenvalue weighted by Gasteiger charge is -2.19. The van der Waals surface area contributed by atoms with Crippen LogP contribution in [0.25, 0.3) is 0 Å². The molecule has 8 heteroatoms. The first-order valence-corrected chi connectivity index (χ1v) is 10.0. The van der Waals surface area contributed by atoms with Crippen LogP contribution < -0.4 is 20.1 Å². The van der Waals surface area contributed by atoms with Gasteiger partial charge in [0.1, 0.15) is 0 Å². The molecule has 1 heterocycles. The third kappa shape index (κ3) is 7.30. The molecule has 1 saturated carbocycles. The summed E-state index contributed by atoms with van der Waals surface area (Å²) in [5.74, 6) is 1.81. The van der Waals surface area contributed by atoms with Crippen LogP contribution in [0.1, 0.15) is 43.9 Å². The molecule has 1 unspecified atom stereocenters. The van der Waals surface area contributed by atoms with Gasteiger partial charge in [-0.15, -0.1) is 24.0 Å². The Morgan fingerprint density at radius 3 is 2.70 bits per heavy atom. The van der Waals surface area contributed by atoms with Crippen LogP contribution in [0.5, 0.6) is 11.6 Å². The first kappa shape index (κ1) is 24.2. The standard InChI is InChI=1S/C22H29FN4O2.HI/c1-4-24-22(26-13-17-7-10-21(28-3)25-12-17)27-15(2)18-8-9-20(19(23)11-18)29-14-16-5-6-16;/h7-12,15-16H,4-6,13-14H2,1-3H3,(H2,24,26,27);1H. The molecule has 30 heavy (non-hydrogen) atoms. The zero-order valence-electron chi connectivity index (χ0n) is 17.7. The number of hydrogen-bond acceptors (Lipinski definition) is 4. The van der Waals surface area contributed by atoms with Gasteiger partial charge in [0.05, 0.1) is 26.3 Å². The minimum atomic E-state index is -0.331. The topological polar surface area (TPSA) is 67.8 Å². The Hall–Kier alpha value is -2.10. The van der Waals surface area contributed by atoms with E-state index in [0.717, 1.165) is 17.7 Å². The lowest BCUT2D eigenvalue weighted by molar-refractivity contribution is 0.285. The summed E-state index contributed by atoms with van der Waals surface area (Å²) in [5, 5.41) is 6.54. The summed E-state index contributed by atoms with van der Waals surface area (Å²) in [7, 11) is 1.59. The Morgan fingerprint density at radius 2 is 2.10 bits per heavy atom. The number of ether oxygens (including phenoxy) is 2. The van der Waals surface area contributed by atoms with Crippen LogP contribution in [0.2, 0.25) is 0 Å². The molecule has 1 aliphatic carbocycles. The van der Waals surface area contributed by atoms with Crippen molar-refractivity contribution in [3.05, 3.63) is 53.5 Å². The van der Waals surface area contributed by atoms with Crippen molar-refractivity contribution in [2.75, 3.05) is 20.3 Å². The zero-order chi connectivity index (χ0) is 20.6. The number of aromatic nitrogens is 1. The number of nitrogens with zero attached hydrogens (tertiary/aromatic N) is 2. The monoisotopic (exact) mass is 528 g/mol. The van der Waals surface area contributed by atoms with Gasteiger partial charge in [-0.3, -0.25) is 0 Å². The predicted octanol–water partition coefficient (Wildman–Crippen LogP) is 4.45. The van der Waals surface area contributed by atoms with Crippen LogP contribution in [0.15, 0.2) is 41.5 Å². The summed E-state index contributed by atoms with van der Waals surface area (Å²) in [6.07, 6.45) is 4.10. The first-order valence-electron chi connectivity index (χ1n) is 10.0. The van der Waals surface area contributed by atoms with Gasteiger partial charge in [0.15, 0.2) is 17.5 Å². The maximum absolute atomic E-state index is 14.4. The van der Waals surface area contributed by atoms with Crippen LogP contribution in [-0.2, 0) is 6.54 Å². The van der Waals surface area contributed by atoms with Crippen molar-refractivity contribution >= 4 is 29.9 Å². The quantitative estimate of drug-likeness (QED) is 0.286. The van der Waals surface area contributed by atoms with E-state index in [4.69, 9.17) is 9.47 Å². The van der Waals surface area contributed by atoms with Crippen LogP contribution in [0.4, 0.5) is 4.39 Å². The summed E-state index contributed by atoms with van der Waals surface area (Å²) in [6, 6.07) is 8.74. The average Bonchev–Trinajstić information content (AvgIpc) is 3.56. The fourth-order valence-corrected chi connectivity index (χ4v) is 2.80. The molecule has 164 valence electrons. The Kier molecular flexibility index (Phi) is 9.61. The molecule has 0 bridgehead atoms. The Bertz CT molecular complexity index is 828. The van der Waals surface area contributed by atoms with E-state index in [-0.39, 0.29) is 35.8 Å². The van der Waals surface area contributed by atoms with Gasteiger partial charge < -0.3 is 20.1 Å². The largest absolute Gasteiger partial charge is 0.490 e. The fraction of sp³-hybridized carbons (Fsp3) is 0.455. The van der Waals surface area contributed by atoms with E-state index in [1.54, 1.807) is 19.4 Å². The first-order chi connectivity index (χ1) is 14.1. The van der Waals surface area contributed by atoms with Gasteiger partial charge in [0, 0.05) is 18.8 Å². The molecule has 3 rings (SSSR count). The third-order valence-electron chi connectivity index (χ3n) is 4.75. The third-order valence-corrected chi connectivity index (χ3v) is 4.75. The smallest absolute Gasteiger partial charge is 0.212 e. The maximum atomic E-state index is 14.4. The number of methoxy groups -OCH3 is 1. The van der Waals surface area contributed by atoms with E-state index < -0.39 is 0 Å². The summed E-state index contributed by atoms with van der Waals surface area (Å²) in [5.41, 5.74) is 1.80. The zero-order valence-corrected chi connectivity index (χ0v) is 20.0. The molecule has 0 amide bonds. The Labute approximate surface area is 194 Å². The highest BCUT2D eigenvalue weighted by Crippen LogP contribution is 2.30. The van der Waals surface area contributed by atoms with E-state index in [1.165, 1.54) is 18.9 Å². The second-order valence-corrected chi connectivity index (χ2v) is 7.21. The van der Waals surface area contributed by atoms with E-state index >= 15 is 0 Å². The van der Waals surface area contributed by atoms with Gasteiger partial charge in [0.2, 0.25) is 5.88 Å². The predicted molar refractivity (Wildman–Crippen MR) is 127 cm³/mol. The minimum absolute atomic E-state index is 0. The summed E-state index contributed by atoms with van der Waals surface area (Å²) in [6.45, 7) is 5.77. The van der Waals surface area contributed by atoms with Crippen molar-refractivity contribution in [3.63, 3.8) is 0 Å². The molecule has 1 aromatic carbocycles. The van der Waals surface area contributed by atoms with E-state index in [9.17, 15) is 4.39 Å². The van der Waals surface area contributed by atoms with Gasteiger partial charge in [-0.1, -0.05) is 12.1 Å². The molecule has 0 radical (unpaired) electrons. The van der Waals surface area contributed by atoms with Crippen LogP contribution in [-0.4, -0.2) is 31.2 Å². The number of nitrogens with one attached hydrogen (secondary N) is 2. The lowest BCUT2D eigenvalue weighted by Crippen LogP contribution is -2.38. The van der Waals surface area contributed by atoms with Crippen molar-refractivity contribution in [1.82, 2.24) is 15.6 Å². The SMILES string of the molecule is CCNC(=NCc1ccc(OC)nc1)NC(C)c1ccc(OCC2CC2)c(F)c1.I. The average molecular weight is 528 g/mol. The normalized spacial score (nSPS) is 14.5. The highest BCUT2D eigenvalue weighted by Gasteiger charge is 2.22. The van der Waals surface area contributed by atoms with Crippen molar-refractivity contribution in [2.45, 2.75) is 39.3 Å². The lowest BCUT2D eigenvalue weighted by atomic mass is 10.1. The molecule has 1 atom stereocenters. The fourth-order valence-electron chi connectivity index (χ4n) is 2.80. The molecule has 1 fully saturated rings. The second kappa shape index (κ2) is 11.9. The number of halogens is 2. The molecular weight excluding hydrogens is 498 g/mol. The molecule has 1 aromatic heterocycles.